The lowest BCUT2D eigenvalue weighted by atomic mass is 9.67. The van der Waals surface area contributed by atoms with Crippen molar-refractivity contribution in [3.63, 3.8) is 0 Å². The number of alkyl halides is 1. The van der Waals surface area contributed by atoms with E-state index < -0.39 is 6.36 Å². The molecule has 0 bridgehead atoms. The molecular weight excluding hydrogens is 219 g/mol. The highest BCUT2D eigenvalue weighted by molar-refractivity contribution is 5.37. The number of halogens is 1. The highest BCUT2D eigenvalue weighted by Gasteiger charge is 2.43. The van der Waals surface area contributed by atoms with E-state index in [4.69, 9.17) is 4.74 Å². The van der Waals surface area contributed by atoms with E-state index in [1.54, 1.807) is 6.07 Å². The Kier molecular flexibility index (Phi) is 2.68. The van der Waals surface area contributed by atoms with Crippen molar-refractivity contribution in [3.8, 4) is 0 Å². The fourth-order valence-electron chi connectivity index (χ4n) is 3.29. The largest absolute Gasteiger partial charge is 0.393 e. The number of hydrogen-bond donors (Lipinski definition) is 1. The van der Waals surface area contributed by atoms with Gasteiger partial charge in [-0.15, -0.1) is 0 Å². The van der Waals surface area contributed by atoms with Gasteiger partial charge in [-0.3, -0.25) is 0 Å². The van der Waals surface area contributed by atoms with Gasteiger partial charge in [0.15, 0.2) is 0 Å². The minimum atomic E-state index is -1.31. The Morgan fingerprint density at radius 2 is 2.18 bits per heavy atom. The summed E-state index contributed by atoms with van der Waals surface area (Å²) in [7, 11) is 0. The van der Waals surface area contributed by atoms with Gasteiger partial charge in [0.05, 0.1) is 12.7 Å². The van der Waals surface area contributed by atoms with Crippen molar-refractivity contribution in [2.24, 2.45) is 0 Å². The zero-order chi connectivity index (χ0) is 11.9. The van der Waals surface area contributed by atoms with Crippen molar-refractivity contribution in [1.29, 1.82) is 0 Å². The predicted octanol–water partition coefficient (Wildman–Crippen LogP) is 2.86. The molecule has 1 aliphatic heterocycles. The smallest absolute Gasteiger partial charge is 0.225 e. The molecule has 3 unspecified atom stereocenters. The maximum Gasteiger partial charge on any atom is 0.225 e. The summed E-state index contributed by atoms with van der Waals surface area (Å²) < 4.78 is 19.0. The summed E-state index contributed by atoms with van der Waals surface area (Å²) in [6.07, 6.45) is 1.91. The fourth-order valence-corrected chi connectivity index (χ4v) is 3.29. The van der Waals surface area contributed by atoms with Crippen LogP contribution in [-0.4, -0.2) is 17.8 Å². The van der Waals surface area contributed by atoms with E-state index >= 15 is 0 Å². The number of aliphatic hydroxyl groups is 1. The topological polar surface area (TPSA) is 29.5 Å². The molecule has 1 aromatic rings. The normalized spacial score (nSPS) is 36.8. The van der Waals surface area contributed by atoms with Gasteiger partial charge in [0.2, 0.25) is 6.36 Å². The second-order valence-corrected chi connectivity index (χ2v) is 5.24. The molecule has 1 spiro atoms. The first-order valence-electron chi connectivity index (χ1n) is 6.24. The maximum atomic E-state index is 13.7. The highest BCUT2D eigenvalue weighted by atomic mass is 19.1. The van der Waals surface area contributed by atoms with Crippen LogP contribution in [-0.2, 0) is 10.2 Å². The molecule has 0 aromatic heterocycles. The van der Waals surface area contributed by atoms with E-state index in [0.29, 0.717) is 18.6 Å². The first-order valence-corrected chi connectivity index (χ1v) is 6.24. The number of aliphatic hydroxyl groups excluding tert-OH is 1. The molecule has 0 amide bonds. The predicted molar refractivity (Wildman–Crippen MR) is 62.4 cm³/mol. The average molecular weight is 236 g/mol. The van der Waals surface area contributed by atoms with Gasteiger partial charge in [-0.25, -0.2) is 4.39 Å². The number of benzene rings is 1. The second kappa shape index (κ2) is 4.07. The summed E-state index contributed by atoms with van der Waals surface area (Å²) in [5, 5.41) is 9.87. The number of rotatable bonds is 0. The van der Waals surface area contributed by atoms with Gasteiger partial charge in [0, 0.05) is 11.0 Å². The Hall–Kier alpha value is -0.930. The number of hydrogen-bond acceptors (Lipinski definition) is 2. The maximum absolute atomic E-state index is 13.7. The molecule has 0 saturated heterocycles. The van der Waals surface area contributed by atoms with Crippen molar-refractivity contribution in [3.05, 3.63) is 35.4 Å². The molecule has 1 aliphatic carbocycles. The lowest BCUT2D eigenvalue weighted by Crippen LogP contribution is -2.42. The average Bonchev–Trinajstić information content (AvgIpc) is 2.35. The van der Waals surface area contributed by atoms with Gasteiger partial charge < -0.3 is 9.84 Å². The lowest BCUT2D eigenvalue weighted by molar-refractivity contribution is -0.0939. The van der Waals surface area contributed by atoms with Crippen molar-refractivity contribution in [1.82, 2.24) is 0 Å². The van der Waals surface area contributed by atoms with Crippen LogP contribution >= 0.6 is 0 Å². The molecule has 1 N–H and O–H groups in total. The van der Waals surface area contributed by atoms with E-state index in [9.17, 15) is 9.50 Å². The molecular formula is C14H17FO2. The fraction of sp³-hybridized carbons (Fsp3) is 0.571. The number of ether oxygens (including phenoxy) is 1. The second-order valence-electron chi connectivity index (χ2n) is 5.24. The monoisotopic (exact) mass is 236 g/mol. The summed E-state index contributed by atoms with van der Waals surface area (Å²) >= 11 is 0. The van der Waals surface area contributed by atoms with E-state index in [-0.39, 0.29) is 11.5 Å². The molecule has 1 fully saturated rings. The zero-order valence-corrected chi connectivity index (χ0v) is 9.73. The molecule has 3 atom stereocenters. The van der Waals surface area contributed by atoms with Crippen LogP contribution < -0.4 is 0 Å². The Morgan fingerprint density at radius 3 is 3.00 bits per heavy atom. The Morgan fingerprint density at radius 1 is 1.35 bits per heavy atom. The lowest BCUT2D eigenvalue weighted by Gasteiger charge is -2.44. The van der Waals surface area contributed by atoms with Gasteiger partial charge in [-0.05, 0) is 31.2 Å². The molecule has 2 nitrogen and oxygen atoms in total. The minimum Gasteiger partial charge on any atom is -0.393 e. The molecule has 3 heteroatoms. The van der Waals surface area contributed by atoms with Crippen LogP contribution in [0.5, 0.6) is 0 Å². The van der Waals surface area contributed by atoms with E-state index in [1.807, 2.05) is 18.2 Å². The third-order valence-corrected chi connectivity index (χ3v) is 4.10. The molecule has 1 aromatic carbocycles. The first kappa shape index (κ1) is 11.2. The first-order chi connectivity index (χ1) is 8.21. The van der Waals surface area contributed by atoms with Gasteiger partial charge in [0.1, 0.15) is 0 Å². The SMILES string of the molecule is OC1CCCC2(COC(F)c3ccccc32)C1. The third-order valence-electron chi connectivity index (χ3n) is 4.10. The molecule has 17 heavy (non-hydrogen) atoms. The van der Waals surface area contributed by atoms with Crippen LogP contribution in [0.4, 0.5) is 4.39 Å². The Labute approximate surface area is 100 Å². The minimum absolute atomic E-state index is 0.170. The summed E-state index contributed by atoms with van der Waals surface area (Å²) in [5.41, 5.74) is 1.52. The zero-order valence-electron chi connectivity index (χ0n) is 9.73. The molecule has 1 saturated carbocycles. The van der Waals surface area contributed by atoms with Crippen LogP contribution in [0.1, 0.15) is 43.2 Å². The van der Waals surface area contributed by atoms with Crippen molar-refractivity contribution < 1.29 is 14.2 Å². The molecule has 92 valence electrons. The van der Waals surface area contributed by atoms with Gasteiger partial charge in [0.25, 0.3) is 0 Å². The summed E-state index contributed by atoms with van der Waals surface area (Å²) in [6, 6.07) is 7.57. The van der Waals surface area contributed by atoms with Gasteiger partial charge >= 0.3 is 0 Å². The Bertz CT molecular complexity index is 420. The van der Waals surface area contributed by atoms with Crippen LogP contribution in [0.3, 0.4) is 0 Å². The number of fused-ring (bicyclic) bond motifs is 2. The Balaban J connectivity index is 2.05. The summed E-state index contributed by atoms with van der Waals surface area (Å²) in [6.45, 7) is 0.391. The van der Waals surface area contributed by atoms with Crippen LogP contribution in [0, 0.1) is 0 Å². The molecule has 1 heterocycles. The van der Waals surface area contributed by atoms with Crippen LogP contribution in [0.15, 0.2) is 24.3 Å². The van der Waals surface area contributed by atoms with Gasteiger partial charge in [-0.1, -0.05) is 24.3 Å². The van der Waals surface area contributed by atoms with Crippen molar-refractivity contribution in [2.75, 3.05) is 6.61 Å². The molecule has 3 rings (SSSR count). The standard InChI is InChI=1S/C14H17FO2/c15-13-11-5-1-2-6-12(11)14(9-17-13)7-3-4-10(16)8-14/h1-2,5-6,10,13,16H,3-4,7-9H2. The van der Waals surface area contributed by atoms with E-state index in [2.05, 4.69) is 0 Å². The van der Waals surface area contributed by atoms with E-state index in [0.717, 1.165) is 24.8 Å². The van der Waals surface area contributed by atoms with Crippen LogP contribution in [0.2, 0.25) is 0 Å². The summed E-state index contributed by atoms with van der Waals surface area (Å²) in [4.78, 5) is 0. The van der Waals surface area contributed by atoms with E-state index in [1.165, 1.54) is 0 Å². The van der Waals surface area contributed by atoms with Gasteiger partial charge in [-0.2, -0.15) is 0 Å². The molecule has 0 radical (unpaired) electrons. The third kappa shape index (κ3) is 1.78. The highest BCUT2D eigenvalue weighted by Crippen LogP contribution is 2.46. The summed E-state index contributed by atoms with van der Waals surface area (Å²) in [5.74, 6) is 0. The van der Waals surface area contributed by atoms with Crippen molar-refractivity contribution >= 4 is 0 Å². The van der Waals surface area contributed by atoms with Crippen LogP contribution in [0.25, 0.3) is 0 Å². The molecule has 2 aliphatic rings. The van der Waals surface area contributed by atoms with Crippen molar-refractivity contribution in [2.45, 2.75) is 43.6 Å². The quantitative estimate of drug-likeness (QED) is 0.750.